The summed E-state index contributed by atoms with van der Waals surface area (Å²) < 4.78 is 10.3. The quantitative estimate of drug-likeness (QED) is 0.592. The Bertz CT molecular complexity index is 977. The molecule has 0 saturated heterocycles. The lowest BCUT2D eigenvalue weighted by molar-refractivity contribution is -0.139. The van der Waals surface area contributed by atoms with Crippen molar-refractivity contribution in [3.63, 3.8) is 0 Å². The minimum absolute atomic E-state index is 0.126. The fourth-order valence-corrected chi connectivity index (χ4v) is 3.03. The van der Waals surface area contributed by atoms with E-state index in [-0.39, 0.29) is 18.2 Å². The SMILES string of the molecule is COC(=O)Cc1cccc(NC(=O)c2ccc(-c3cc(Cl)cc(Cl)c3)o2)c1. The summed E-state index contributed by atoms with van der Waals surface area (Å²) in [5, 5.41) is 3.69. The molecule has 0 atom stereocenters. The van der Waals surface area contributed by atoms with Crippen LogP contribution in [0.25, 0.3) is 11.3 Å². The zero-order valence-corrected chi connectivity index (χ0v) is 15.8. The third-order valence-corrected chi connectivity index (χ3v) is 4.17. The van der Waals surface area contributed by atoms with Gasteiger partial charge in [0.25, 0.3) is 5.91 Å². The third-order valence-electron chi connectivity index (χ3n) is 3.74. The first-order chi connectivity index (χ1) is 12.9. The topological polar surface area (TPSA) is 68.5 Å². The Balaban J connectivity index is 1.75. The summed E-state index contributed by atoms with van der Waals surface area (Å²) in [5.74, 6) is -0.151. The zero-order chi connectivity index (χ0) is 19.4. The van der Waals surface area contributed by atoms with E-state index in [1.165, 1.54) is 7.11 Å². The highest BCUT2D eigenvalue weighted by atomic mass is 35.5. The lowest BCUT2D eigenvalue weighted by Gasteiger charge is -2.06. The standard InChI is InChI=1S/C20H15Cl2NO4/c1-26-19(24)8-12-3-2-4-16(7-12)23-20(25)18-6-5-17(27-18)13-9-14(21)11-15(22)10-13/h2-7,9-11H,8H2,1H3,(H,23,25). The van der Waals surface area contributed by atoms with Gasteiger partial charge in [-0.1, -0.05) is 35.3 Å². The number of furan rings is 1. The molecule has 1 aromatic heterocycles. The van der Waals surface area contributed by atoms with E-state index in [1.54, 1.807) is 54.6 Å². The summed E-state index contributed by atoms with van der Waals surface area (Å²) in [4.78, 5) is 23.8. The number of carbonyl (C=O) groups excluding carboxylic acids is 2. The highest BCUT2D eigenvalue weighted by molar-refractivity contribution is 6.35. The lowest BCUT2D eigenvalue weighted by atomic mass is 10.1. The van der Waals surface area contributed by atoms with Crippen molar-refractivity contribution < 1.29 is 18.7 Å². The second kappa shape index (κ2) is 8.29. The number of hydrogen-bond acceptors (Lipinski definition) is 4. The lowest BCUT2D eigenvalue weighted by Crippen LogP contribution is -2.11. The normalized spacial score (nSPS) is 10.5. The van der Waals surface area contributed by atoms with E-state index in [9.17, 15) is 9.59 Å². The molecular formula is C20H15Cl2NO4. The minimum Gasteiger partial charge on any atom is -0.469 e. The number of hydrogen-bond donors (Lipinski definition) is 1. The Labute approximate surface area is 165 Å². The highest BCUT2D eigenvalue weighted by Crippen LogP contribution is 2.29. The Hall–Kier alpha value is -2.76. The van der Waals surface area contributed by atoms with Crippen LogP contribution in [0.2, 0.25) is 10.0 Å². The van der Waals surface area contributed by atoms with E-state index in [4.69, 9.17) is 27.6 Å². The summed E-state index contributed by atoms with van der Waals surface area (Å²) in [5.41, 5.74) is 1.95. The van der Waals surface area contributed by atoms with Crippen LogP contribution < -0.4 is 5.32 Å². The van der Waals surface area contributed by atoms with E-state index in [2.05, 4.69) is 10.1 Å². The molecule has 0 unspecified atom stereocenters. The molecule has 0 fully saturated rings. The summed E-state index contributed by atoms with van der Waals surface area (Å²) >= 11 is 12.0. The number of ether oxygens (including phenoxy) is 1. The number of methoxy groups -OCH3 is 1. The molecule has 5 nitrogen and oxygen atoms in total. The number of nitrogens with one attached hydrogen (secondary N) is 1. The van der Waals surface area contributed by atoms with Crippen LogP contribution in [0, 0.1) is 0 Å². The fraction of sp³-hybridized carbons (Fsp3) is 0.100. The van der Waals surface area contributed by atoms with Gasteiger partial charge in [0, 0.05) is 21.3 Å². The molecule has 138 valence electrons. The molecule has 3 aromatic rings. The van der Waals surface area contributed by atoms with Crippen molar-refractivity contribution in [1.82, 2.24) is 0 Å². The monoisotopic (exact) mass is 403 g/mol. The maximum atomic E-state index is 12.4. The maximum Gasteiger partial charge on any atom is 0.309 e. The summed E-state index contributed by atoms with van der Waals surface area (Å²) in [6, 6.07) is 15.2. The van der Waals surface area contributed by atoms with Gasteiger partial charge in [-0.15, -0.1) is 0 Å². The van der Waals surface area contributed by atoms with Gasteiger partial charge in [-0.3, -0.25) is 9.59 Å². The van der Waals surface area contributed by atoms with Gasteiger partial charge >= 0.3 is 5.97 Å². The molecule has 0 radical (unpaired) electrons. The number of esters is 1. The maximum absolute atomic E-state index is 12.4. The van der Waals surface area contributed by atoms with Crippen molar-refractivity contribution in [2.75, 3.05) is 12.4 Å². The molecule has 0 aliphatic heterocycles. The van der Waals surface area contributed by atoms with Crippen LogP contribution in [0.4, 0.5) is 5.69 Å². The van der Waals surface area contributed by atoms with Crippen molar-refractivity contribution >= 4 is 40.8 Å². The molecule has 7 heteroatoms. The molecule has 1 amide bonds. The molecular weight excluding hydrogens is 389 g/mol. The molecule has 2 aromatic carbocycles. The Morgan fingerprint density at radius 1 is 1.04 bits per heavy atom. The Morgan fingerprint density at radius 3 is 2.48 bits per heavy atom. The van der Waals surface area contributed by atoms with Gasteiger partial charge < -0.3 is 14.5 Å². The van der Waals surface area contributed by atoms with Crippen LogP contribution in [0.15, 0.2) is 59.0 Å². The van der Waals surface area contributed by atoms with E-state index in [1.807, 2.05) is 0 Å². The second-order valence-electron chi connectivity index (χ2n) is 5.73. The summed E-state index contributed by atoms with van der Waals surface area (Å²) in [7, 11) is 1.33. The molecule has 0 spiro atoms. The molecule has 0 saturated carbocycles. The van der Waals surface area contributed by atoms with Crippen molar-refractivity contribution in [3.05, 3.63) is 76.0 Å². The van der Waals surface area contributed by atoms with E-state index >= 15 is 0 Å². The Morgan fingerprint density at radius 2 is 1.78 bits per heavy atom. The molecule has 1 heterocycles. The second-order valence-corrected chi connectivity index (χ2v) is 6.60. The zero-order valence-electron chi connectivity index (χ0n) is 14.3. The number of amides is 1. The highest BCUT2D eigenvalue weighted by Gasteiger charge is 2.14. The van der Waals surface area contributed by atoms with Gasteiger partial charge in [0.05, 0.1) is 13.5 Å². The largest absolute Gasteiger partial charge is 0.469 e. The average Bonchev–Trinajstić information content (AvgIpc) is 3.11. The van der Waals surface area contributed by atoms with Crippen molar-refractivity contribution in [1.29, 1.82) is 0 Å². The number of rotatable bonds is 5. The molecule has 0 aliphatic carbocycles. The van der Waals surface area contributed by atoms with Crippen LogP contribution in [0.5, 0.6) is 0 Å². The van der Waals surface area contributed by atoms with Gasteiger partial charge in [-0.05, 0) is 48.0 Å². The smallest absolute Gasteiger partial charge is 0.309 e. The van der Waals surface area contributed by atoms with Gasteiger partial charge in [-0.2, -0.15) is 0 Å². The Kier molecular flexibility index (Phi) is 5.84. The number of anilines is 1. The van der Waals surface area contributed by atoms with Crippen LogP contribution in [0.3, 0.4) is 0 Å². The van der Waals surface area contributed by atoms with Crippen LogP contribution in [0.1, 0.15) is 16.1 Å². The van der Waals surface area contributed by atoms with Crippen LogP contribution in [-0.2, 0) is 16.0 Å². The van der Waals surface area contributed by atoms with Gasteiger partial charge in [0.15, 0.2) is 5.76 Å². The van der Waals surface area contributed by atoms with Gasteiger partial charge in [0.1, 0.15) is 5.76 Å². The van der Waals surface area contributed by atoms with Crippen LogP contribution >= 0.6 is 23.2 Å². The number of halogens is 2. The number of carbonyl (C=O) groups is 2. The molecule has 0 aliphatic rings. The van der Waals surface area contributed by atoms with Crippen molar-refractivity contribution in [2.45, 2.75) is 6.42 Å². The average molecular weight is 404 g/mol. The molecule has 0 bridgehead atoms. The predicted octanol–water partition coefficient (Wildman–Crippen LogP) is 5.22. The van der Waals surface area contributed by atoms with Gasteiger partial charge in [0.2, 0.25) is 0 Å². The first kappa shape index (κ1) is 19.0. The summed E-state index contributed by atoms with van der Waals surface area (Å²) in [6.45, 7) is 0. The molecule has 1 N–H and O–H groups in total. The van der Waals surface area contributed by atoms with Crippen LogP contribution in [-0.4, -0.2) is 19.0 Å². The van der Waals surface area contributed by atoms with Crippen molar-refractivity contribution in [2.24, 2.45) is 0 Å². The van der Waals surface area contributed by atoms with Gasteiger partial charge in [-0.25, -0.2) is 0 Å². The first-order valence-corrected chi connectivity index (χ1v) is 8.73. The van der Waals surface area contributed by atoms with E-state index in [0.29, 0.717) is 27.1 Å². The summed E-state index contributed by atoms with van der Waals surface area (Å²) in [6.07, 6.45) is 0.126. The van der Waals surface area contributed by atoms with Crippen molar-refractivity contribution in [3.8, 4) is 11.3 Å². The number of benzene rings is 2. The van der Waals surface area contributed by atoms with E-state index in [0.717, 1.165) is 5.56 Å². The fourth-order valence-electron chi connectivity index (χ4n) is 2.50. The first-order valence-electron chi connectivity index (χ1n) is 7.98. The third kappa shape index (κ3) is 4.90. The van der Waals surface area contributed by atoms with E-state index < -0.39 is 5.91 Å². The molecule has 27 heavy (non-hydrogen) atoms. The molecule has 3 rings (SSSR count). The predicted molar refractivity (Wildman–Crippen MR) is 104 cm³/mol. The minimum atomic E-state index is -0.412.